The number of amides is 1. The first-order chi connectivity index (χ1) is 14.4. The van der Waals surface area contributed by atoms with Crippen LogP contribution in [0.2, 0.25) is 5.02 Å². The lowest BCUT2D eigenvalue weighted by atomic mass is 10.00. The Morgan fingerprint density at radius 3 is 2.73 bits per heavy atom. The molecule has 1 aromatic rings. The summed E-state index contributed by atoms with van der Waals surface area (Å²) in [6.45, 7) is 5.86. The Bertz CT molecular complexity index is 829. The van der Waals surface area contributed by atoms with Gasteiger partial charge in [-0.3, -0.25) is 4.79 Å². The number of halogens is 1. The maximum Gasteiger partial charge on any atom is 0.252 e. The second kappa shape index (κ2) is 11.2. The molecule has 9 heteroatoms. The van der Waals surface area contributed by atoms with Gasteiger partial charge in [-0.05, 0) is 50.4 Å². The summed E-state index contributed by atoms with van der Waals surface area (Å²) in [6.07, 6.45) is 5.84. The van der Waals surface area contributed by atoms with Gasteiger partial charge in [-0.2, -0.15) is 16.1 Å². The largest absolute Gasteiger partial charge is 0.352 e. The van der Waals surface area contributed by atoms with Crippen LogP contribution in [0.4, 0.5) is 0 Å². The molecule has 0 spiro atoms. The molecular weight excluding hydrogens is 442 g/mol. The van der Waals surface area contributed by atoms with Crippen molar-refractivity contribution in [3.63, 3.8) is 0 Å². The van der Waals surface area contributed by atoms with Crippen LogP contribution in [-0.4, -0.2) is 73.8 Å². The minimum Gasteiger partial charge on any atom is -0.352 e. The van der Waals surface area contributed by atoms with Gasteiger partial charge in [0.25, 0.3) is 5.91 Å². The maximum atomic E-state index is 12.9. The zero-order valence-electron chi connectivity index (χ0n) is 17.6. The van der Waals surface area contributed by atoms with Crippen molar-refractivity contribution >= 4 is 39.3 Å². The molecular formula is C21H32ClN3O3S2. The normalized spacial score (nSPS) is 21.5. The van der Waals surface area contributed by atoms with Gasteiger partial charge in [0, 0.05) is 43.7 Å². The molecule has 0 bridgehead atoms. The fourth-order valence-electron chi connectivity index (χ4n) is 4.17. The van der Waals surface area contributed by atoms with Crippen molar-refractivity contribution in [2.24, 2.45) is 0 Å². The van der Waals surface area contributed by atoms with Gasteiger partial charge in [0.1, 0.15) is 0 Å². The van der Waals surface area contributed by atoms with E-state index >= 15 is 0 Å². The Morgan fingerprint density at radius 1 is 1.23 bits per heavy atom. The van der Waals surface area contributed by atoms with Crippen LogP contribution in [0.15, 0.2) is 23.1 Å². The number of nitrogens with zero attached hydrogens (tertiary/aromatic N) is 2. The van der Waals surface area contributed by atoms with Crippen molar-refractivity contribution in [3.8, 4) is 0 Å². The van der Waals surface area contributed by atoms with E-state index in [1.165, 1.54) is 48.2 Å². The fraction of sp³-hybridized carbons (Fsp3) is 0.667. The van der Waals surface area contributed by atoms with Crippen LogP contribution >= 0.6 is 23.4 Å². The highest BCUT2D eigenvalue weighted by Crippen LogP contribution is 2.25. The number of rotatable bonds is 8. The van der Waals surface area contributed by atoms with E-state index in [1.54, 1.807) is 11.8 Å². The van der Waals surface area contributed by atoms with Crippen molar-refractivity contribution in [1.29, 1.82) is 0 Å². The van der Waals surface area contributed by atoms with E-state index in [9.17, 15) is 13.2 Å². The van der Waals surface area contributed by atoms with Crippen molar-refractivity contribution in [1.82, 2.24) is 14.5 Å². The van der Waals surface area contributed by atoms with Crippen LogP contribution in [0.1, 0.15) is 49.4 Å². The Morgan fingerprint density at radius 2 is 2.00 bits per heavy atom. The van der Waals surface area contributed by atoms with Crippen LogP contribution in [0.5, 0.6) is 0 Å². The second-order valence-electron chi connectivity index (χ2n) is 7.86. The Labute approximate surface area is 189 Å². The van der Waals surface area contributed by atoms with Gasteiger partial charge in [-0.25, -0.2) is 8.42 Å². The van der Waals surface area contributed by atoms with Gasteiger partial charge in [-0.15, -0.1) is 0 Å². The third kappa shape index (κ3) is 5.91. The monoisotopic (exact) mass is 473 g/mol. The first-order valence-electron chi connectivity index (χ1n) is 10.8. The molecule has 2 aliphatic rings. The summed E-state index contributed by atoms with van der Waals surface area (Å²) in [5, 5.41) is 3.18. The molecule has 6 nitrogen and oxygen atoms in total. The zero-order valence-corrected chi connectivity index (χ0v) is 20.0. The van der Waals surface area contributed by atoms with Gasteiger partial charge < -0.3 is 10.2 Å². The van der Waals surface area contributed by atoms with Crippen molar-refractivity contribution in [2.45, 2.75) is 50.0 Å². The molecule has 1 N–H and O–H groups in total. The molecule has 2 saturated heterocycles. The average molecular weight is 474 g/mol. The van der Waals surface area contributed by atoms with Gasteiger partial charge in [0.2, 0.25) is 10.0 Å². The van der Waals surface area contributed by atoms with Gasteiger partial charge in [0.15, 0.2) is 0 Å². The van der Waals surface area contributed by atoms with Crippen LogP contribution in [-0.2, 0) is 10.0 Å². The van der Waals surface area contributed by atoms with Crippen molar-refractivity contribution < 1.29 is 13.2 Å². The fourth-order valence-corrected chi connectivity index (χ4v) is 6.98. The molecule has 1 atom stereocenters. The maximum absolute atomic E-state index is 12.9. The van der Waals surface area contributed by atoms with Crippen molar-refractivity contribution in [2.75, 3.05) is 44.2 Å². The predicted molar refractivity (Wildman–Crippen MR) is 124 cm³/mol. The molecule has 2 heterocycles. The minimum atomic E-state index is -3.61. The van der Waals surface area contributed by atoms with Gasteiger partial charge in [-0.1, -0.05) is 24.9 Å². The SMILES string of the molecule is CC[C@@H]1CCCCN1CCCNC(=O)c1cc(S(=O)(=O)N2CCSCC2)ccc1Cl. The standard InChI is InChI=1S/C21H32ClN3O3S2/c1-2-17-6-3-4-10-24(17)11-5-9-23-21(26)19-16-18(7-8-20(19)22)30(27,28)25-12-14-29-15-13-25/h7-8,16-17H,2-6,9-15H2,1H3,(H,23,26)/t17-/m1/s1. The lowest BCUT2D eigenvalue weighted by Gasteiger charge is -2.35. The summed E-state index contributed by atoms with van der Waals surface area (Å²) in [5.41, 5.74) is 0.216. The molecule has 30 heavy (non-hydrogen) atoms. The Balaban J connectivity index is 1.58. The minimum absolute atomic E-state index is 0.128. The van der Waals surface area contributed by atoms with Crippen LogP contribution in [0, 0.1) is 0 Å². The number of carbonyl (C=O) groups is 1. The third-order valence-electron chi connectivity index (χ3n) is 5.92. The van der Waals surface area contributed by atoms with E-state index in [4.69, 9.17) is 11.6 Å². The van der Waals surface area contributed by atoms with E-state index in [2.05, 4.69) is 17.1 Å². The lowest BCUT2D eigenvalue weighted by Crippen LogP contribution is -2.40. The van der Waals surface area contributed by atoms with E-state index in [1.807, 2.05) is 0 Å². The summed E-state index contributed by atoms with van der Waals surface area (Å²) in [7, 11) is -3.61. The Hall–Kier alpha value is -0.800. The molecule has 0 unspecified atom stereocenters. The molecule has 2 fully saturated rings. The number of piperidine rings is 1. The van der Waals surface area contributed by atoms with E-state index in [0.29, 0.717) is 25.7 Å². The summed E-state index contributed by atoms with van der Waals surface area (Å²) in [5.74, 6) is 1.25. The molecule has 0 radical (unpaired) electrons. The summed E-state index contributed by atoms with van der Waals surface area (Å²) < 4.78 is 27.3. The van der Waals surface area contributed by atoms with Gasteiger partial charge >= 0.3 is 0 Å². The highest BCUT2D eigenvalue weighted by atomic mass is 35.5. The number of sulfonamides is 1. The highest BCUT2D eigenvalue weighted by molar-refractivity contribution is 7.99. The highest BCUT2D eigenvalue weighted by Gasteiger charge is 2.27. The number of nitrogens with one attached hydrogen (secondary N) is 1. The quantitative estimate of drug-likeness (QED) is 0.585. The van der Waals surface area contributed by atoms with Crippen LogP contribution in [0.25, 0.3) is 0 Å². The van der Waals surface area contributed by atoms with Gasteiger partial charge in [0.05, 0.1) is 15.5 Å². The number of thioether (sulfide) groups is 1. The average Bonchev–Trinajstić information content (AvgIpc) is 2.77. The predicted octanol–water partition coefficient (Wildman–Crippen LogP) is 3.46. The number of benzene rings is 1. The topological polar surface area (TPSA) is 69.7 Å². The number of carbonyl (C=O) groups excluding carboxylic acids is 1. The molecule has 0 aliphatic carbocycles. The number of hydrogen-bond donors (Lipinski definition) is 1. The first kappa shape index (κ1) is 23.9. The third-order valence-corrected chi connectivity index (χ3v) is 9.08. The molecule has 168 valence electrons. The molecule has 0 aromatic heterocycles. The second-order valence-corrected chi connectivity index (χ2v) is 11.4. The smallest absolute Gasteiger partial charge is 0.252 e. The molecule has 1 amide bonds. The summed E-state index contributed by atoms with van der Waals surface area (Å²) in [4.78, 5) is 15.3. The number of hydrogen-bond acceptors (Lipinski definition) is 5. The van der Waals surface area contributed by atoms with Crippen molar-refractivity contribution in [3.05, 3.63) is 28.8 Å². The first-order valence-corrected chi connectivity index (χ1v) is 13.8. The van der Waals surface area contributed by atoms with E-state index in [0.717, 1.165) is 31.0 Å². The van der Waals surface area contributed by atoms with Crippen LogP contribution in [0.3, 0.4) is 0 Å². The molecule has 2 aliphatic heterocycles. The lowest BCUT2D eigenvalue weighted by molar-refractivity contribution is 0.0947. The summed E-state index contributed by atoms with van der Waals surface area (Å²) >= 11 is 7.97. The zero-order chi connectivity index (χ0) is 21.6. The Kier molecular flexibility index (Phi) is 8.89. The molecule has 0 saturated carbocycles. The summed E-state index contributed by atoms with van der Waals surface area (Å²) in [6, 6.07) is 5.05. The van der Waals surface area contributed by atoms with E-state index in [-0.39, 0.29) is 21.4 Å². The molecule has 1 aromatic carbocycles. The molecule has 3 rings (SSSR count). The van der Waals surface area contributed by atoms with Crippen LogP contribution < -0.4 is 5.32 Å². The number of likely N-dealkylation sites (tertiary alicyclic amines) is 1. The van der Waals surface area contributed by atoms with E-state index < -0.39 is 10.0 Å².